The minimum atomic E-state index is -0.286. The highest BCUT2D eigenvalue weighted by molar-refractivity contribution is 6.62. The number of benzene rings is 1. The molecule has 4 heteroatoms. The van der Waals surface area contributed by atoms with Gasteiger partial charge >= 0.3 is 7.12 Å². The van der Waals surface area contributed by atoms with Crippen molar-refractivity contribution in [3.8, 4) is 0 Å². The Morgan fingerprint density at radius 1 is 1.05 bits per heavy atom. The molecule has 1 aliphatic rings. The molecule has 1 aliphatic heterocycles. The van der Waals surface area contributed by atoms with Crippen LogP contribution in [0.25, 0.3) is 0 Å². The van der Waals surface area contributed by atoms with E-state index in [1.165, 1.54) is 11.3 Å². The normalized spacial score (nSPS) is 19.0. The summed E-state index contributed by atoms with van der Waals surface area (Å²) in [5.41, 5.74) is 2.90. The van der Waals surface area contributed by atoms with Gasteiger partial charge in [0.25, 0.3) is 0 Å². The van der Waals surface area contributed by atoms with Gasteiger partial charge in [0.15, 0.2) is 0 Å². The van der Waals surface area contributed by atoms with Crippen LogP contribution in [0.3, 0.4) is 0 Å². The monoisotopic (exact) mass is 291 g/mol. The summed E-state index contributed by atoms with van der Waals surface area (Å²) in [5, 5.41) is 3.34. The third kappa shape index (κ3) is 3.80. The second-order valence-corrected chi connectivity index (χ2v) is 6.19. The molecule has 1 aromatic carbocycles. The van der Waals surface area contributed by atoms with Crippen LogP contribution in [0.5, 0.6) is 0 Å². The summed E-state index contributed by atoms with van der Waals surface area (Å²) in [6.45, 7) is 17.4. The number of nitrogens with one attached hydrogen (secondary N) is 1. The van der Waals surface area contributed by atoms with E-state index < -0.39 is 0 Å². The minimum absolute atomic E-state index is 0.278. The number of anilines is 1. The lowest BCUT2D eigenvalue weighted by Crippen LogP contribution is -2.41. The van der Waals surface area contributed by atoms with Crippen molar-refractivity contribution in [2.45, 2.75) is 66.6 Å². The van der Waals surface area contributed by atoms with Crippen molar-refractivity contribution in [3.63, 3.8) is 0 Å². The van der Waals surface area contributed by atoms with Gasteiger partial charge in [-0.25, -0.2) is 0 Å². The average Bonchev–Trinajstić information content (AvgIpc) is 2.63. The topological polar surface area (TPSA) is 30.5 Å². The van der Waals surface area contributed by atoms with Crippen molar-refractivity contribution >= 4 is 18.3 Å². The van der Waals surface area contributed by atoms with Crippen molar-refractivity contribution < 1.29 is 9.31 Å². The average molecular weight is 291 g/mol. The highest BCUT2D eigenvalue weighted by Crippen LogP contribution is 2.36. The Hall–Kier alpha value is -0.995. The molecule has 1 saturated heterocycles. The van der Waals surface area contributed by atoms with Crippen molar-refractivity contribution in [1.29, 1.82) is 0 Å². The van der Waals surface area contributed by atoms with E-state index in [0.29, 0.717) is 0 Å². The van der Waals surface area contributed by atoms with Gasteiger partial charge in [-0.1, -0.05) is 26.0 Å². The zero-order valence-electron chi connectivity index (χ0n) is 14.8. The Bertz CT molecular complexity index is 456. The van der Waals surface area contributed by atoms with Gasteiger partial charge in [0, 0.05) is 12.2 Å². The van der Waals surface area contributed by atoms with Gasteiger partial charge < -0.3 is 14.6 Å². The second kappa shape index (κ2) is 6.84. The first-order chi connectivity index (χ1) is 9.77. The summed E-state index contributed by atoms with van der Waals surface area (Å²) in [7, 11) is -0.278. The van der Waals surface area contributed by atoms with Crippen molar-refractivity contribution in [1.82, 2.24) is 0 Å². The van der Waals surface area contributed by atoms with Crippen LogP contribution < -0.4 is 10.8 Å². The van der Waals surface area contributed by atoms with Crippen molar-refractivity contribution in [2.75, 3.05) is 11.9 Å². The molecule has 0 aliphatic carbocycles. The molecule has 0 atom stereocenters. The number of aryl methyl sites for hydroxylation is 1. The standard InChI is InChI=1S/C15H24BNO2.C2H6/c1-7-17-13-9-8-12(10-11(13)2)16-18-14(3,4)15(5,6)19-16;1-2/h8-10,17H,7H2,1-6H3;1-2H3. The zero-order valence-corrected chi connectivity index (χ0v) is 14.8. The van der Waals surface area contributed by atoms with Crippen molar-refractivity contribution in [3.05, 3.63) is 23.8 Å². The van der Waals surface area contributed by atoms with Gasteiger partial charge in [-0.3, -0.25) is 0 Å². The predicted molar refractivity (Wildman–Crippen MR) is 92.4 cm³/mol. The van der Waals surface area contributed by atoms with E-state index in [1.807, 2.05) is 13.8 Å². The summed E-state index contributed by atoms with van der Waals surface area (Å²) < 4.78 is 12.1. The number of rotatable bonds is 3. The number of hydrogen-bond donors (Lipinski definition) is 1. The van der Waals surface area contributed by atoms with Crippen LogP contribution in [0.15, 0.2) is 18.2 Å². The van der Waals surface area contributed by atoms with Crippen LogP contribution in [0.1, 0.15) is 54.0 Å². The van der Waals surface area contributed by atoms with Gasteiger partial charge in [-0.05, 0) is 58.6 Å². The molecule has 1 N–H and O–H groups in total. The fourth-order valence-electron chi connectivity index (χ4n) is 2.20. The molecule has 2 rings (SSSR count). The van der Waals surface area contributed by atoms with Gasteiger partial charge in [-0.2, -0.15) is 0 Å². The fraction of sp³-hybridized carbons (Fsp3) is 0.647. The molecule has 0 bridgehead atoms. The maximum absolute atomic E-state index is 6.06. The molecule has 0 spiro atoms. The molecule has 0 radical (unpaired) electrons. The van der Waals surface area contributed by atoms with Gasteiger partial charge in [0.2, 0.25) is 0 Å². The first kappa shape index (κ1) is 18.1. The maximum Gasteiger partial charge on any atom is 0.494 e. The summed E-state index contributed by atoms with van der Waals surface area (Å²) in [5.74, 6) is 0. The van der Waals surface area contributed by atoms with Crippen LogP contribution in [-0.2, 0) is 9.31 Å². The lowest BCUT2D eigenvalue weighted by molar-refractivity contribution is 0.00578. The largest absolute Gasteiger partial charge is 0.494 e. The summed E-state index contributed by atoms with van der Waals surface area (Å²) in [6, 6.07) is 6.31. The molecule has 1 fully saturated rings. The van der Waals surface area contributed by atoms with E-state index in [9.17, 15) is 0 Å². The van der Waals surface area contributed by atoms with E-state index >= 15 is 0 Å². The molecular weight excluding hydrogens is 261 g/mol. The number of hydrogen-bond acceptors (Lipinski definition) is 3. The minimum Gasteiger partial charge on any atom is -0.399 e. The van der Waals surface area contributed by atoms with Crippen LogP contribution in [0.2, 0.25) is 0 Å². The van der Waals surface area contributed by atoms with Crippen LogP contribution in [0.4, 0.5) is 5.69 Å². The van der Waals surface area contributed by atoms with Crippen LogP contribution in [0, 0.1) is 6.92 Å². The first-order valence-corrected chi connectivity index (χ1v) is 7.97. The smallest absolute Gasteiger partial charge is 0.399 e. The highest BCUT2D eigenvalue weighted by atomic mass is 16.7. The Morgan fingerprint density at radius 3 is 2.00 bits per heavy atom. The Morgan fingerprint density at radius 2 is 1.57 bits per heavy atom. The van der Waals surface area contributed by atoms with Crippen LogP contribution in [-0.4, -0.2) is 24.9 Å². The lowest BCUT2D eigenvalue weighted by Gasteiger charge is -2.32. The Balaban J connectivity index is 0.00000106. The molecule has 118 valence electrons. The zero-order chi connectivity index (χ0) is 16.3. The van der Waals surface area contributed by atoms with E-state index in [0.717, 1.165) is 12.0 Å². The molecule has 1 aromatic rings. The second-order valence-electron chi connectivity index (χ2n) is 6.19. The Kier molecular flexibility index (Phi) is 5.88. The van der Waals surface area contributed by atoms with E-state index in [-0.39, 0.29) is 18.3 Å². The SMILES string of the molecule is CC.CCNc1ccc(B2OC(C)(C)C(C)(C)O2)cc1C. The fourth-order valence-corrected chi connectivity index (χ4v) is 2.20. The highest BCUT2D eigenvalue weighted by Gasteiger charge is 2.51. The molecule has 0 amide bonds. The Labute approximate surface area is 130 Å². The molecule has 3 nitrogen and oxygen atoms in total. The predicted octanol–water partition coefficient (Wildman–Crippen LogP) is 3.75. The quantitative estimate of drug-likeness (QED) is 0.860. The van der Waals surface area contributed by atoms with E-state index in [2.05, 4.69) is 65.1 Å². The summed E-state index contributed by atoms with van der Waals surface area (Å²) in [6.07, 6.45) is 0. The maximum atomic E-state index is 6.06. The summed E-state index contributed by atoms with van der Waals surface area (Å²) >= 11 is 0. The molecule has 1 heterocycles. The summed E-state index contributed by atoms with van der Waals surface area (Å²) in [4.78, 5) is 0. The molecule has 0 saturated carbocycles. The molecule has 21 heavy (non-hydrogen) atoms. The van der Waals surface area contributed by atoms with Crippen LogP contribution >= 0.6 is 0 Å². The third-order valence-electron chi connectivity index (χ3n) is 4.14. The molecular formula is C17H30BNO2. The molecule has 0 aromatic heterocycles. The van der Waals surface area contributed by atoms with Crippen molar-refractivity contribution in [2.24, 2.45) is 0 Å². The molecule has 0 unspecified atom stereocenters. The van der Waals surface area contributed by atoms with Gasteiger partial charge in [-0.15, -0.1) is 0 Å². The van der Waals surface area contributed by atoms with Gasteiger partial charge in [0.1, 0.15) is 0 Å². The van der Waals surface area contributed by atoms with E-state index in [1.54, 1.807) is 0 Å². The van der Waals surface area contributed by atoms with Gasteiger partial charge in [0.05, 0.1) is 11.2 Å². The lowest BCUT2D eigenvalue weighted by atomic mass is 9.78. The first-order valence-electron chi connectivity index (χ1n) is 7.97. The third-order valence-corrected chi connectivity index (χ3v) is 4.14. The van der Waals surface area contributed by atoms with E-state index in [4.69, 9.17) is 9.31 Å².